The van der Waals surface area contributed by atoms with E-state index < -0.39 is 0 Å². The van der Waals surface area contributed by atoms with Crippen LogP contribution in [0.3, 0.4) is 0 Å². The van der Waals surface area contributed by atoms with E-state index in [0.717, 1.165) is 17.9 Å². The molecule has 1 fully saturated rings. The first kappa shape index (κ1) is 21.5. The number of carbonyl (C=O) groups excluding carboxylic acids is 2. The lowest BCUT2D eigenvalue weighted by Gasteiger charge is -2.33. The Kier molecular flexibility index (Phi) is 6.46. The topological polar surface area (TPSA) is 89.8 Å². The number of para-hydroxylation sites is 1. The third-order valence-corrected chi connectivity index (χ3v) is 5.38. The number of hydroxylamine groups is 2. The monoisotopic (exact) mass is 435 g/mol. The van der Waals surface area contributed by atoms with Crippen molar-refractivity contribution in [1.82, 2.24) is 25.0 Å². The van der Waals surface area contributed by atoms with Crippen molar-refractivity contribution in [3.8, 4) is 11.4 Å². The van der Waals surface area contributed by atoms with Crippen molar-refractivity contribution in [1.29, 1.82) is 0 Å². The first-order chi connectivity index (χ1) is 15.6. The second-order valence-electron chi connectivity index (χ2n) is 7.48. The van der Waals surface area contributed by atoms with Crippen LogP contribution in [0, 0.1) is 0 Å². The molecular formula is C23H25N5O4. The summed E-state index contributed by atoms with van der Waals surface area (Å²) in [7, 11) is 2.99. The number of likely N-dealkylation sites (tertiary alicyclic amines) is 1. The number of rotatable bonds is 6. The minimum Gasteiger partial charge on any atom is -0.489 e. The molecular weight excluding hydrogens is 410 g/mol. The van der Waals surface area contributed by atoms with Gasteiger partial charge in [-0.2, -0.15) is 15.0 Å². The number of hydrogen-bond acceptors (Lipinski definition) is 6. The summed E-state index contributed by atoms with van der Waals surface area (Å²) in [5.74, 6) is 0.236. The largest absolute Gasteiger partial charge is 0.489 e. The summed E-state index contributed by atoms with van der Waals surface area (Å²) in [4.78, 5) is 33.8. The standard InChI is InChI=1S/C23H25N5O4/c1-26(31-2)22(29)17-7-5-8-18(15-17)32-19-9-6-14-27(16-19)23(30)20-10-3-4-11-21(20)28-24-12-13-25-28/h3-5,7-8,10-13,15,19H,6,9,14,16H2,1-2H3. The maximum Gasteiger partial charge on any atom is 0.277 e. The van der Waals surface area contributed by atoms with Gasteiger partial charge in [-0.1, -0.05) is 18.2 Å². The van der Waals surface area contributed by atoms with Crippen LogP contribution in [-0.2, 0) is 4.84 Å². The maximum atomic E-state index is 13.3. The molecule has 9 nitrogen and oxygen atoms in total. The number of aromatic nitrogens is 3. The van der Waals surface area contributed by atoms with E-state index in [0.29, 0.717) is 35.7 Å². The Hall–Kier alpha value is -3.72. The summed E-state index contributed by atoms with van der Waals surface area (Å²) in [6.45, 7) is 1.10. The lowest BCUT2D eigenvalue weighted by molar-refractivity contribution is -0.0757. The zero-order valence-corrected chi connectivity index (χ0v) is 18.0. The molecule has 32 heavy (non-hydrogen) atoms. The van der Waals surface area contributed by atoms with Gasteiger partial charge in [0.05, 0.1) is 37.3 Å². The Morgan fingerprint density at radius 1 is 1.09 bits per heavy atom. The van der Waals surface area contributed by atoms with Crippen LogP contribution in [0.1, 0.15) is 33.6 Å². The van der Waals surface area contributed by atoms with Gasteiger partial charge in [0.1, 0.15) is 11.9 Å². The Morgan fingerprint density at radius 3 is 2.66 bits per heavy atom. The van der Waals surface area contributed by atoms with Gasteiger partial charge in [-0.3, -0.25) is 14.4 Å². The molecule has 1 atom stereocenters. The summed E-state index contributed by atoms with van der Waals surface area (Å²) < 4.78 is 6.14. The molecule has 166 valence electrons. The minimum atomic E-state index is -0.262. The number of piperidine rings is 1. The molecule has 1 aromatic heterocycles. The van der Waals surface area contributed by atoms with Crippen LogP contribution < -0.4 is 4.74 Å². The van der Waals surface area contributed by atoms with E-state index in [1.165, 1.54) is 11.9 Å². The lowest BCUT2D eigenvalue weighted by atomic mass is 10.1. The van der Waals surface area contributed by atoms with E-state index in [1.54, 1.807) is 48.6 Å². The summed E-state index contributed by atoms with van der Waals surface area (Å²) in [5.41, 5.74) is 1.65. The van der Waals surface area contributed by atoms with Crippen molar-refractivity contribution in [2.45, 2.75) is 18.9 Å². The zero-order valence-electron chi connectivity index (χ0n) is 18.0. The molecule has 1 unspecified atom stereocenters. The highest BCUT2D eigenvalue weighted by Gasteiger charge is 2.27. The Balaban J connectivity index is 1.47. The molecule has 1 aliphatic heterocycles. The number of nitrogens with zero attached hydrogens (tertiary/aromatic N) is 5. The number of benzene rings is 2. The minimum absolute atomic E-state index is 0.0863. The highest BCUT2D eigenvalue weighted by Crippen LogP contribution is 2.23. The average Bonchev–Trinajstić information content (AvgIpc) is 3.38. The quantitative estimate of drug-likeness (QED) is 0.553. The number of hydrogen-bond donors (Lipinski definition) is 0. The summed E-state index contributed by atoms with van der Waals surface area (Å²) in [5, 5.41) is 9.47. The van der Waals surface area contributed by atoms with E-state index in [4.69, 9.17) is 9.57 Å². The molecule has 1 saturated heterocycles. The van der Waals surface area contributed by atoms with E-state index in [2.05, 4.69) is 10.2 Å². The Morgan fingerprint density at radius 2 is 1.88 bits per heavy atom. The van der Waals surface area contributed by atoms with Crippen LogP contribution in [0.2, 0.25) is 0 Å². The third-order valence-electron chi connectivity index (χ3n) is 5.38. The maximum absolute atomic E-state index is 13.3. The smallest absolute Gasteiger partial charge is 0.277 e. The first-order valence-corrected chi connectivity index (χ1v) is 10.4. The molecule has 1 aliphatic rings. The van der Waals surface area contributed by atoms with Crippen molar-refractivity contribution in [3.63, 3.8) is 0 Å². The summed E-state index contributed by atoms with van der Waals surface area (Å²) in [6.07, 6.45) is 4.63. The van der Waals surface area contributed by atoms with E-state index in [9.17, 15) is 9.59 Å². The van der Waals surface area contributed by atoms with Crippen LogP contribution >= 0.6 is 0 Å². The normalized spacial score (nSPS) is 15.9. The van der Waals surface area contributed by atoms with E-state index in [1.807, 2.05) is 24.3 Å². The fourth-order valence-electron chi connectivity index (χ4n) is 3.72. The van der Waals surface area contributed by atoms with Gasteiger partial charge in [0.15, 0.2) is 0 Å². The predicted molar refractivity (Wildman–Crippen MR) is 116 cm³/mol. The highest BCUT2D eigenvalue weighted by molar-refractivity contribution is 5.97. The molecule has 2 aromatic carbocycles. The fraction of sp³-hybridized carbons (Fsp3) is 0.304. The van der Waals surface area contributed by atoms with Crippen molar-refractivity contribution >= 4 is 11.8 Å². The van der Waals surface area contributed by atoms with Gasteiger partial charge >= 0.3 is 0 Å². The number of ether oxygens (including phenoxy) is 1. The molecule has 4 rings (SSSR count). The van der Waals surface area contributed by atoms with Crippen LogP contribution in [0.4, 0.5) is 0 Å². The number of amides is 2. The van der Waals surface area contributed by atoms with Crippen LogP contribution in [0.15, 0.2) is 60.9 Å². The molecule has 0 N–H and O–H groups in total. The van der Waals surface area contributed by atoms with Gasteiger partial charge in [-0.05, 0) is 43.2 Å². The predicted octanol–water partition coefficient (Wildman–Crippen LogP) is 2.58. The van der Waals surface area contributed by atoms with Gasteiger partial charge in [-0.25, -0.2) is 5.06 Å². The van der Waals surface area contributed by atoms with Crippen molar-refractivity contribution < 1.29 is 19.2 Å². The van der Waals surface area contributed by atoms with E-state index in [-0.39, 0.29) is 17.9 Å². The molecule has 0 spiro atoms. The van der Waals surface area contributed by atoms with Crippen molar-refractivity contribution in [2.24, 2.45) is 0 Å². The molecule has 2 heterocycles. The van der Waals surface area contributed by atoms with Gasteiger partial charge in [0.25, 0.3) is 11.8 Å². The van der Waals surface area contributed by atoms with Gasteiger partial charge in [0, 0.05) is 19.2 Å². The molecule has 2 amide bonds. The summed E-state index contributed by atoms with van der Waals surface area (Å²) >= 11 is 0. The molecule has 0 radical (unpaired) electrons. The van der Waals surface area contributed by atoms with Crippen molar-refractivity contribution in [2.75, 3.05) is 27.2 Å². The average molecular weight is 435 g/mol. The SMILES string of the molecule is CON(C)C(=O)c1cccc(OC2CCCN(C(=O)c3ccccc3-n3nccn3)C2)c1. The molecule has 0 saturated carbocycles. The van der Waals surface area contributed by atoms with Crippen LogP contribution in [0.5, 0.6) is 5.75 Å². The first-order valence-electron chi connectivity index (χ1n) is 10.4. The highest BCUT2D eigenvalue weighted by atomic mass is 16.7. The Bertz CT molecular complexity index is 1090. The lowest BCUT2D eigenvalue weighted by Crippen LogP contribution is -2.44. The Labute approximate surface area is 186 Å². The molecule has 9 heteroatoms. The zero-order chi connectivity index (χ0) is 22.5. The fourth-order valence-corrected chi connectivity index (χ4v) is 3.72. The van der Waals surface area contributed by atoms with E-state index >= 15 is 0 Å². The van der Waals surface area contributed by atoms with Gasteiger partial charge < -0.3 is 9.64 Å². The summed E-state index contributed by atoms with van der Waals surface area (Å²) in [6, 6.07) is 14.3. The third kappa shape index (κ3) is 4.62. The molecule has 0 bridgehead atoms. The van der Waals surface area contributed by atoms with Gasteiger partial charge in [-0.15, -0.1) is 0 Å². The van der Waals surface area contributed by atoms with Crippen LogP contribution in [-0.4, -0.2) is 70.1 Å². The second kappa shape index (κ2) is 9.61. The van der Waals surface area contributed by atoms with Gasteiger partial charge in [0.2, 0.25) is 0 Å². The number of carbonyl (C=O) groups is 2. The molecule has 3 aromatic rings. The van der Waals surface area contributed by atoms with Crippen LogP contribution in [0.25, 0.3) is 5.69 Å². The second-order valence-corrected chi connectivity index (χ2v) is 7.48. The van der Waals surface area contributed by atoms with Crippen molar-refractivity contribution in [3.05, 3.63) is 72.1 Å². The molecule has 0 aliphatic carbocycles.